The van der Waals surface area contributed by atoms with E-state index in [1.165, 1.54) is 12.1 Å². The molecule has 0 atom stereocenters. The average Bonchev–Trinajstić information content (AvgIpc) is 3.19. The average molecular weight is 488 g/mol. The Morgan fingerprint density at radius 1 is 1.21 bits per heavy atom. The molecule has 3 aromatic rings. The number of aromatic nitrogens is 4. The molecule has 1 aliphatic carbocycles. The van der Waals surface area contributed by atoms with Crippen LogP contribution in [-0.4, -0.2) is 44.8 Å². The van der Waals surface area contributed by atoms with Crippen molar-refractivity contribution in [1.29, 1.82) is 0 Å². The van der Waals surface area contributed by atoms with Gasteiger partial charge < -0.3 is 21.1 Å². The van der Waals surface area contributed by atoms with Gasteiger partial charge in [-0.1, -0.05) is 11.6 Å². The lowest BCUT2D eigenvalue weighted by Crippen LogP contribution is -2.41. The highest BCUT2D eigenvalue weighted by atomic mass is 35.5. The molecule has 0 amide bonds. The van der Waals surface area contributed by atoms with Crippen LogP contribution in [0.25, 0.3) is 11.2 Å². The third-order valence-electron chi connectivity index (χ3n) is 7.13. The van der Waals surface area contributed by atoms with Gasteiger partial charge in [-0.05, 0) is 76.1 Å². The molecule has 2 fully saturated rings. The highest BCUT2D eigenvalue weighted by molar-refractivity contribution is 6.30. The van der Waals surface area contributed by atoms with Crippen molar-refractivity contribution in [3.63, 3.8) is 0 Å². The van der Waals surface area contributed by atoms with E-state index >= 15 is 0 Å². The maximum atomic E-state index is 14.5. The monoisotopic (exact) mass is 487 g/mol. The molecule has 10 heteroatoms. The molecule has 0 bridgehead atoms. The Morgan fingerprint density at radius 2 is 1.97 bits per heavy atom. The number of hydrogen-bond acceptors (Lipinski definition) is 7. The predicted octanol–water partition coefficient (Wildman–Crippen LogP) is 5.03. The molecule has 3 heterocycles. The zero-order chi connectivity index (χ0) is 23.7. The van der Waals surface area contributed by atoms with Crippen LogP contribution in [0.1, 0.15) is 51.5 Å². The largest absolute Gasteiger partial charge is 0.381 e. The molecule has 4 N–H and O–H groups in total. The number of imidazole rings is 1. The van der Waals surface area contributed by atoms with Crippen molar-refractivity contribution in [2.45, 2.75) is 57.0 Å². The van der Waals surface area contributed by atoms with E-state index in [1.54, 1.807) is 12.3 Å². The summed E-state index contributed by atoms with van der Waals surface area (Å²) in [5, 5.41) is 7.13. The maximum absolute atomic E-state index is 14.5. The molecule has 0 radical (unpaired) electrons. The molecule has 1 aromatic carbocycles. The first kappa shape index (κ1) is 23.3. The second-order valence-electron chi connectivity index (χ2n) is 9.67. The van der Waals surface area contributed by atoms with Crippen LogP contribution >= 0.6 is 11.6 Å². The minimum absolute atomic E-state index is 0.124. The maximum Gasteiger partial charge on any atom is 0.225 e. The van der Waals surface area contributed by atoms with Crippen LogP contribution in [0.2, 0.25) is 5.02 Å². The molecule has 182 valence electrons. The van der Waals surface area contributed by atoms with Gasteiger partial charge in [-0.3, -0.25) is 4.57 Å². The van der Waals surface area contributed by atoms with Gasteiger partial charge in [0.2, 0.25) is 11.9 Å². The zero-order valence-electron chi connectivity index (χ0n) is 19.4. The number of rotatable bonds is 6. The van der Waals surface area contributed by atoms with Gasteiger partial charge in [-0.15, -0.1) is 0 Å². The first-order valence-corrected chi connectivity index (χ1v) is 12.3. The summed E-state index contributed by atoms with van der Waals surface area (Å²) in [6, 6.07) is 4.62. The van der Waals surface area contributed by atoms with Crippen molar-refractivity contribution < 1.29 is 9.13 Å². The lowest BCUT2D eigenvalue weighted by atomic mass is 9.86. The van der Waals surface area contributed by atoms with Crippen molar-refractivity contribution in [1.82, 2.24) is 19.5 Å². The van der Waals surface area contributed by atoms with Crippen LogP contribution in [-0.2, 0) is 4.74 Å². The Morgan fingerprint density at radius 3 is 2.71 bits per heavy atom. The number of hydrogen-bond donors (Lipinski definition) is 3. The van der Waals surface area contributed by atoms with Gasteiger partial charge in [0.05, 0.1) is 11.9 Å². The Kier molecular flexibility index (Phi) is 6.59. The minimum Gasteiger partial charge on any atom is -0.381 e. The molecule has 1 saturated carbocycles. The molecule has 34 heavy (non-hydrogen) atoms. The number of nitrogens with zero attached hydrogens (tertiary/aromatic N) is 4. The molecule has 0 unspecified atom stereocenters. The lowest BCUT2D eigenvalue weighted by molar-refractivity contribution is 0.0656. The number of halogens is 2. The van der Waals surface area contributed by atoms with E-state index in [4.69, 9.17) is 32.0 Å². The van der Waals surface area contributed by atoms with E-state index in [1.807, 2.05) is 0 Å². The van der Waals surface area contributed by atoms with Crippen LogP contribution in [0.5, 0.6) is 0 Å². The number of anilines is 3. The van der Waals surface area contributed by atoms with Crippen molar-refractivity contribution in [2.24, 2.45) is 11.7 Å². The van der Waals surface area contributed by atoms with Crippen LogP contribution in [0.15, 0.2) is 24.4 Å². The summed E-state index contributed by atoms with van der Waals surface area (Å²) >= 11 is 6.12. The number of benzene rings is 1. The lowest BCUT2D eigenvalue weighted by Gasteiger charge is -2.34. The fraction of sp³-hybridized carbons (Fsp3) is 0.542. The quantitative estimate of drug-likeness (QED) is 0.448. The fourth-order valence-corrected chi connectivity index (χ4v) is 5.13. The van der Waals surface area contributed by atoms with Crippen molar-refractivity contribution in [3.8, 4) is 0 Å². The van der Waals surface area contributed by atoms with Gasteiger partial charge in [0.25, 0.3) is 0 Å². The summed E-state index contributed by atoms with van der Waals surface area (Å²) < 4.78 is 22.1. The molecule has 2 aliphatic rings. The van der Waals surface area contributed by atoms with E-state index in [0.29, 0.717) is 48.1 Å². The van der Waals surface area contributed by atoms with Crippen LogP contribution in [0.4, 0.5) is 22.0 Å². The Balaban J connectivity index is 1.53. The third kappa shape index (κ3) is 4.82. The predicted molar refractivity (Wildman–Crippen MR) is 132 cm³/mol. The molecule has 8 nitrogen and oxygen atoms in total. The fourth-order valence-electron chi connectivity index (χ4n) is 4.95. The molecular weight excluding hydrogens is 457 g/mol. The van der Waals surface area contributed by atoms with Gasteiger partial charge in [0.1, 0.15) is 11.3 Å². The first-order valence-electron chi connectivity index (χ1n) is 12.0. The van der Waals surface area contributed by atoms with Crippen molar-refractivity contribution >= 4 is 40.3 Å². The molecule has 1 saturated heterocycles. The van der Waals surface area contributed by atoms with Gasteiger partial charge in [0, 0.05) is 29.8 Å². The van der Waals surface area contributed by atoms with E-state index in [9.17, 15) is 4.39 Å². The Bertz CT molecular complexity index is 1160. The van der Waals surface area contributed by atoms with Crippen LogP contribution in [0, 0.1) is 11.7 Å². The molecule has 1 aliphatic heterocycles. The number of nitrogens with two attached hydrogens (primary N) is 1. The topological polar surface area (TPSA) is 103 Å². The second kappa shape index (κ2) is 9.64. The Hall–Kier alpha value is -2.49. The summed E-state index contributed by atoms with van der Waals surface area (Å²) in [6.45, 7) is 4.30. The highest BCUT2D eigenvalue weighted by Gasteiger charge is 2.30. The van der Waals surface area contributed by atoms with Gasteiger partial charge in [-0.25, -0.2) is 14.4 Å². The Labute approximate surface area is 203 Å². The third-order valence-corrected chi connectivity index (χ3v) is 7.37. The van der Waals surface area contributed by atoms with Crippen LogP contribution in [0.3, 0.4) is 0 Å². The zero-order valence-corrected chi connectivity index (χ0v) is 20.1. The summed E-state index contributed by atoms with van der Waals surface area (Å²) in [5.41, 5.74) is 7.46. The highest BCUT2D eigenvalue weighted by Crippen LogP contribution is 2.37. The van der Waals surface area contributed by atoms with Gasteiger partial charge >= 0.3 is 0 Å². The van der Waals surface area contributed by atoms with Gasteiger partial charge in [-0.2, -0.15) is 4.98 Å². The van der Waals surface area contributed by atoms with E-state index in [2.05, 4.69) is 27.1 Å². The van der Waals surface area contributed by atoms with E-state index < -0.39 is 5.82 Å². The SMILES string of the molecule is CC1(Nc2ncc3nc(Nc4cc(Cl)ccc4F)n(C4CCC(CN)CC4)c3n2)CCOCC1. The van der Waals surface area contributed by atoms with Crippen molar-refractivity contribution in [3.05, 3.63) is 35.2 Å². The van der Waals surface area contributed by atoms with Crippen LogP contribution < -0.4 is 16.4 Å². The van der Waals surface area contributed by atoms with E-state index in [-0.39, 0.29) is 17.3 Å². The molecule has 2 aromatic heterocycles. The normalized spacial score (nSPS) is 22.6. The number of nitrogens with one attached hydrogen (secondary N) is 2. The van der Waals surface area contributed by atoms with Crippen molar-refractivity contribution in [2.75, 3.05) is 30.4 Å². The number of fused-ring (bicyclic) bond motifs is 1. The standard InChI is InChI=1S/C24H31ClFN7O/c1-24(8-10-34-11-9-24)32-22-28-14-20-21(31-22)33(17-5-2-15(13-27)3-6-17)23(30-20)29-19-12-16(25)4-7-18(19)26/h4,7,12,14-15,17H,2-3,5-6,8-11,13,27H2,1H3,(H,29,30)(H,28,31,32). The summed E-state index contributed by atoms with van der Waals surface area (Å²) in [5.74, 6) is 1.24. The van der Waals surface area contributed by atoms with Gasteiger partial charge in [0.15, 0.2) is 5.65 Å². The molecular formula is C24H31ClFN7O. The second-order valence-corrected chi connectivity index (χ2v) is 10.1. The van der Waals surface area contributed by atoms with E-state index in [0.717, 1.165) is 44.2 Å². The first-order chi connectivity index (χ1) is 16.4. The molecule has 0 spiro atoms. The minimum atomic E-state index is -0.393. The molecule has 5 rings (SSSR count). The summed E-state index contributed by atoms with van der Waals surface area (Å²) in [6.07, 6.45) is 7.51. The summed E-state index contributed by atoms with van der Waals surface area (Å²) in [4.78, 5) is 14.2. The summed E-state index contributed by atoms with van der Waals surface area (Å²) in [7, 11) is 0. The smallest absolute Gasteiger partial charge is 0.225 e. The number of ether oxygens (including phenoxy) is 1.